The van der Waals surface area contributed by atoms with E-state index in [0.717, 1.165) is 10.9 Å². The highest BCUT2D eigenvalue weighted by Crippen LogP contribution is 2.32. The van der Waals surface area contributed by atoms with Crippen LogP contribution in [0.25, 0.3) is 11.0 Å². The zero-order valence-electron chi connectivity index (χ0n) is 18.7. The van der Waals surface area contributed by atoms with Gasteiger partial charge in [0.2, 0.25) is 5.91 Å². The lowest BCUT2D eigenvalue weighted by Gasteiger charge is -2.17. The van der Waals surface area contributed by atoms with Crippen LogP contribution in [0.4, 0.5) is 16.2 Å². The number of furan rings is 1. The highest BCUT2D eigenvalue weighted by atomic mass is 16.6. The number of amides is 4. The van der Waals surface area contributed by atoms with Crippen LogP contribution in [0.1, 0.15) is 28.1 Å². The number of nitrogens with zero attached hydrogens (tertiary/aromatic N) is 3. The predicted molar refractivity (Wildman–Crippen MR) is 126 cm³/mol. The summed E-state index contributed by atoms with van der Waals surface area (Å²) in [6.45, 7) is 1.31. The molecule has 1 fully saturated rings. The van der Waals surface area contributed by atoms with Gasteiger partial charge in [-0.3, -0.25) is 19.7 Å². The lowest BCUT2D eigenvalue weighted by molar-refractivity contribution is -0.384. The standard InChI is InChI=1S/C24H23N5O6/c25-24(32)26-17-6-7-27(13-17)23(31)21-11-16-2-1-14(9-20(16)35-21)10-22(30)28-8-5-15-3-4-18(29(33)34)12-19(15)28/h1-4,9,11-12,17H,5-8,10,13H2,(H3,25,26,32). The Kier molecular flexibility index (Phi) is 5.59. The topological polar surface area (TPSA) is 152 Å². The molecule has 11 heteroatoms. The summed E-state index contributed by atoms with van der Waals surface area (Å²) < 4.78 is 5.80. The number of primary amides is 1. The van der Waals surface area contributed by atoms with Gasteiger partial charge >= 0.3 is 6.03 Å². The van der Waals surface area contributed by atoms with Crippen molar-refractivity contribution < 1.29 is 23.7 Å². The first-order chi connectivity index (χ1) is 16.8. The fraction of sp³-hybridized carbons (Fsp3) is 0.292. The molecule has 180 valence electrons. The molecule has 2 aromatic carbocycles. The Bertz CT molecular complexity index is 1370. The third-order valence-corrected chi connectivity index (χ3v) is 6.45. The van der Waals surface area contributed by atoms with Crippen LogP contribution in [0.15, 0.2) is 46.9 Å². The summed E-state index contributed by atoms with van der Waals surface area (Å²) in [5, 5.41) is 14.5. The average molecular weight is 477 g/mol. The molecule has 3 aromatic rings. The van der Waals surface area contributed by atoms with Crippen molar-refractivity contribution in [2.24, 2.45) is 5.73 Å². The van der Waals surface area contributed by atoms with Gasteiger partial charge in [0.1, 0.15) is 5.58 Å². The van der Waals surface area contributed by atoms with Crippen molar-refractivity contribution in [2.75, 3.05) is 24.5 Å². The summed E-state index contributed by atoms with van der Waals surface area (Å²) in [4.78, 5) is 50.8. The van der Waals surface area contributed by atoms with Crippen LogP contribution in [-0.2, 0) is 17.6 Å². The Morgan fingerprint density at radius 3 is 2.74 bits per heavy atom. The molecule has 35 heavy (non-hydrogen) atoms. The lowest BCUT2D eigenvalue weighted by atomic mass is 10.1. The number of benzene rings is 2. The zero-order valence-corrected chi connectivity index (χ0v) is 18.7. The monoisotopic (exact) mass is 477 g/mol. The minimum Gasteiger partial charge on any atom is -0.451 e. The first-order valence-corrected chi connectivity index (χ1v) is 11.2. The van der Waals surface area contributed by atoms with Gasteiger partial charge in [-0.15, -0.1) is 0 Å². The third kappa shape index (κ3) is 4.39. The van der Waals surface area contributed by atoms with Gasteiger partial charge in [-0.2, -0.15) is 0 Å². The SMILES string of the molecule is NC(=O)NC1CCN(C(=O)c2cc3ccc(CC(=O)N4CCc5ccc([N+](=O)[O-])cc54)cc3o2)C1. The minimum atomic E-state index is -0.620. The molecule has 3 N–H and O–H groups in total. The smallest absolute Gasteiger partial charge is 0.312 e. The van der Waals surface area contributed by atoms with Crippen molar-refractivity contribution in [2.45, 2.75) is 25.3 Å². The number of nitrogens with one attached hydrogen (secondary N) is 1. The van der Waals surface area contributed by atoms with Crippen molar-refractivity contribution in [3.63, 3.8) is 0 Å². The number of nitro benzene ring substituents is 1. The lowest BCUT2D eigenvalue weighted by Crippen LogP contribution is -2.41. The van der Waals surface area contributed by atoms with Crippen LogP contribution in [0.3, 0.4) is 0 Å². The molecular formula is C24H23N5O6. The number of likely N-dealkylation sites (tertiary alicyclic amines) is 1. The number of urea groups is 1. The van der Waals surface area contributed by atoms with E-state index < -0.39 is 11.0 Å². The van der Waals surface area contributed by atoms with Crippen molar-refractivity contribution in [1.82, 2.24) is 10.2 Å². The summed E-state index contributed by atoms with van der Waals surface area (Å²) in [6.07, 6.45) is 1.35. The van der Waals surface area contributed by atoms with Crippen molar-refractivity contribution >= 4 is 40.2 Å². The number of carbonyl (C=O) groups excluding carboxylic acids is 3. The number of rotatable bonds is 5. The van der Waals surface area contributed by atoms with Crippen molar-refractivity contribution in [3.8, 4) is 0 Å². The number of hydrogen-bond donors (Lipinski definition) is 2. The van der Waals surface area contributed by atoms with E-state index in [1.165, 1.54) is 12.1 Å². The first kappa shape index (κ1) is 22.4. The molecule has 1 aromatic heterocycles. The van der Waals surface area contributed by atoms with E-state index in [0.29, 0.717) is 49.3 Å². The summed E-state index contributed by atoms with van der Waals surface area (Å²) in [6, 6.07) is 10.8. The van der Waals surface area contributed by atoms with Crippen LogP contribution in [-0.4, -0.2) is 53.3 Å². The van der Waals surface area contributed by atoms with Gasteiger partial charge in [-0.25, -0.2) is 4.79 Å². The number of hydrogen-bond acceptors (Lipinski definition) is 6. The Labute approximate surface area is 199 Å². The molecule has 2 aliphatic rings. The molecule has 1 saturated heterocycles. The van der Waals surface area contributed by atoms with Gasteiger partial charge < -0.3 is 25.3 Å². The molecule has 0 bridgehead atoms. The largest absolute Gasteiger partial charge is 0.451 e. The highest BCUT2D eigenvalue weighted by Gasteiger charge is 2.30. The summed E-state index contributed by atoms with van der Waals surface area (Å²) in [7, 11) is 0. The quantitative estimate of drug-likeness (QED) is 0.425. The first-order valence-electron chi connectivity index (χ1n) is 11.2. The summed E-state index contributed by atoms with van der Waals surface area (Å²) >= 11 is 0. The van der Waals surface area contributed by atoms with E-state index in [-0.39, 0.29) is 35.7 Å². The number of non-ortho nitro benzene ring substituents is 1. The van der Waals surface area contributed by atoms with Gasteiger partial charge in [-0.05, 0) is 36.1 Å². The maximum Gasteiger partial charge on any atom is 0.312 e. The normalized spacial score (nSPS) is 17.0. The Hall–Kier alpha value is -4.41. The van der Waals surface area contributed by atoms with E-state index in [1.807, 2.05) is 0 Å². The molecule has 0 spiro atoms. The second-order valence-corrected chi connectivity index (χ2v) is 8.77. The van der Waals surface area contributed by atoms with Gasteiger partial charge in [0.25, 0.3) is 11.6 Å². The predicted octanol–water partition coefficient (Wildman–Crippen LogP) is 2.36. The van der Waals surface area contributed by atoms with Crippen LogP contribution in [0, 0.1) is 10.1 Å². The molecule has 0 radical (unpaired) electrons. The fourth-order valence-corrected chi connectivity index (χ4v) is 4.72. The van der Waals surface area contributed by atoms with Gasteiger partial charge in [0.05, 0.1) is 17.0 Å². The van der Waals surface area contributed by atoms with Crippen molar-refractivity contribution in [3.05, 3.63) is 69.5 Å². The molecule has 0 saturated carbocycles. The molecule has 0 aliphatic carbocycles. The van der Waals surface area contributed by atoms with E-state index >= 15 is 0 Å². The van der Waals surface area contributed by atoms with Gasteiger partial charge in [0.15, 0.2) is 5.76 Å². The Balaban J connectivity index is 1.29. The summed E-state index contributed by atoms with van der Waals surface area (Å²) in [5.74, 6) is -0.261. The number of anilines is 1. The van der Waals surface area contributed by atoms with Crippen LogP contribution in [0.5, 0.6) is 0 Å². The molecule has 4 amide bonds. The Morgan fingerprint density at radius 1 is 1.14 bits per heavy atom. The molecule has 3 heterocycles. The van der Waals surface area contributed by atoms with Crippen molar-refractivity contribution in [1.29, 1.82) is 0 Å². The number of carbonyl (C=O) groups is 3. The maximum absolute atomic E-state index is 13.0. The number of fused-ring (bicyclic) bond motifs is 2. The highest BCUT2D eigenvalue weighted by molar-refractivity contribution is 5.98. The third-order valence-electron chi connectivity index (χ3n) is 6.45. The Morgan fingerprint density at radius 2 is 1.97 bits per heavy atom. The van der Waals surface area contributed by atoms with E-state index in [2.05, 4.69) is 5.32 Å². The number of nitro groups is 1. The summed E-state index contributed by atoms with van der Waals surface area (Å²) in [5.41, 5.74) is 7.79. The van der Waals surface area contributed by atoms with Crippen LogP contribution >= 0.6 is 0 Å². The second kappa shape index (κ2) is 8.75. The van der Waals surface area contributed by atoms with E-state index in [9.17, 15) is 24.5 Å². The molecular weight excluding hydrogens is 454 g/mol. The van der Waals surface area contributed by atoms with Crippen LogP contribution < -0.4 is 16.0 Å². The molecule has 2 aliphatic heterocycles. The number of nitrogens with two attached hydrogens (primary N) is 1. The zero-order chi connectivity index (χ0) is 24.7. The molecule has 1 atom stereocenters. The van der Waals surface area contributed by atoms with Gasteiger partial charge in [0, 0.05) is 43.2 Å². The van der Waals surface area contributed by atoms with E-state index in [1.54, 1.807) is 40.1 Å². The maximum atomic E-state index is 13.0. The molecule has 5 rings (SSSR count). The minimum absolute atomic E-state index is 0.0487. The second-order valence-electron chi connectivity index (χ2n) is 8.77. The van der Waals surface area contributed by atoms with Crippen LogP contribution in [0.2, 0.25) is 0 Å². The van der Waals surface area contributed by atoms with Gasteiger partial charge in [-0.1, -0.05) is 18.2 Å². The molecule has 1 unspecified atom stereocenters. The molecule has 11 nitrogen and oxygen atoms in total. The average Bonchev–Trinajstić information content (AvgIpc) is 3.55. The van der Waals surface area contributed by atoms with E-state index in [4.69, 9.17) is 10.2 Å². The fourth-order valence-electron chi connectivity index (χ4n) is 4.72.